The fourth-order valence-corrected chi connectivity index (χ4v) is 1.42. The maximum absolute atomic E-state index is 11.7. The van der Waals surface area contributed by atoms with Crippen molar-refractivity contribution in [2.45, 2.75) is 0 Å². The van der Waals surface area contributed by atoms with Gasteiger partial charge in [-0.3, -0.25) is 14.9 Å². The summed E-state index contributed by atoms with van der Waals surface area (Å²) in [4.78, 5) is 32.6. The Morgan fingerprint density at radius 3 is 2.70 bits per heavy atom. The largest absolute Gasteiger partial charge is 0.478 e. The molecule has 0 fully saturated rings. The summed E-state index contributed by atoms with van der Waals surface area (Å²) in [5.74, 6) is -2.01. The van der Waals surface area contributed by atoms with Gasteiger partial charge in [-0.25, -0.2) is 4.79 Å². The first-order valence-corrected chi connectivity index (χ1v) is 5.18. The van der Waals surface area contributed by atoms with E-state index in [9.17, 15) is 19.7 Å². The summed E-state index contributed by atoms with van der Waals surface area (Å²) in [5.41, 5.74) is -0.965. The average Bonchev–Trinajstić information content (AvgIpc) is 2.92. The summed E-state index contributed by atoms with van der Waals surface area (Å²) in [5, 5.41) is 31.1. The number of carbonyl (C=O) groups excluding carboxylic acids is 1. The van der Waals surface area contributed by atoms with Crippen LogP contribution in [-0.2, 0) is 0 Å². The van der Waals surface area contributed by atoms with E-state index in [2.05, 4.69) is 20.7 Å². The Morgan fingerprint density at radius 2 is 2.15 bits per heavy atom. The molecule has 2 rings (SSSR count). The molecule has 0 bridgehead atoms. The van der Waals surface area contributed by atoms with Crippen molar-refractivity contribution in [3.8, 4) is 0 Å². The van der Waals surface area contributed by atoms with Crippen LogP contribution < -0.4 is 5.32 Å². The average molecular weight is 277 g/mol. The van der Waals surface area contributed by atoms with Crippen LogP contribution in [-0.4, -0.2) is 37.3 Å². The van der Waals surface area contributed by atoms with E-state index in [-0.39, 0.29) is 16.9 Å². The van der Waals surface area contributed by atoms with Crippen LogP contribution in [0.15, 0.2) is 24.4 Å². The molecule has 0 saturated carbocycles. The molecule has 0 atom stereocenters. The number of carboxylic acid groups (broad SMARTS) is 1. The van der Waals surface area contributed by atoms with Gasteiger partial charge in [-0.05, 0) is 12.1 Å². The van der Waals surface area contributed by atoms with Crippen LogP contribution in [0.2, 0.25) is 0 Å². The zero-order valence-electron chi connectivity index (χ0n) is 9.73. The van der Waals surface area contributed by atoms with Gasteiger partial charge in [0.25, 0.3) is 11.6 Å². The van der Waals surface area contributed by atoms with Crippen molar-refractivity contribution in [3.05, 3.63) is 45.8 Å². The maximum Gasteiger partial charge on any atom is 0.335 e. The number of hydrogen-bond acceptors (Lipinski definition) is 6. The molecule has 3 N–H and O–H groups in total. The Labute approximate surface area is 110 Å². The van der Waals surface area contributed by atoms with Gasteiger partial charge >= 0.3 is 5.97 Å². The van der Waals surface area contributed by atoms with Crippen molar-refractivity contribution < 1.29 is 19.6 Å². The van der Waals surface area contributed by atoms with E-state index >= 15 is 0 Å². The highest BCUT2D eigenvalue weighted by Crippen LogP contribution is 2.26. The van der Waals surface area contributed by atoms with Crippen LogP contribution in [0.5, 0.6) is 0 Å². The van der Waals surface area contributed by atoms with Crippen LogP contribution >= 0.6 is 0 Å². The number of nitrogens with one attached hydrogen (secondary N) is 2. The number of carbonyl (C=O) groups is 2. The number of H-pyrrole nitrogens is 1. The molecule has 0 aliphatic carbocycles. The highest BCUT2D eigenvalue weighted by Gasteiger charge is 2.20. The SMILES string of the molecule is O=C(O)c1ccc(NC(=O)c2cn[nH]n2)c([N+](=O)[O-])c1. The molecule has 1 aromatic heterocycles. The fourth-order valence-electron chi connectivity index (χ4n) is 1.42. The normalized spacial score (nSPS) is 10.0. The molecule has 2 aromatic rings. The summed E-state index contributed by atoms with van der Waals surface area (Å²) in [6.45, 7) is 0. The quantitative estimate of drug-likeness (QED) is 0.548. The lowest BCUT2D eigenvalue weighted by Crippen LogP contribution is -2.14. The molecule has 102 valence electrons. The third-order valence-electron chi connectivity index (χ3n) is 2.34. The number of anilines is 1. The predicted octanol–water partition coefficient (Wildman–Crippen LogP) is 0.663. The lowest BCUT2D eigenvalue weighted by Gasteiger charge is -2.04. The van der Waals surface area contributed by atoms with Crippen molar-refractivity contribution >= 4 is 23.3 Å². The van der Waals surface area contributed by atoms with E-state index in [0.29, 0.717) is 0 Å². The van der Waals surface area contributed by atoms with Gasteiger partial charge < -0.3 is 10.4 Å². The minimum Gasteiger partial charge on any atom is -0.478 e. The number of aromatic amines is 1. The first kappa shape index (κ1) is 13.1. The van der Waals surface area contributed by atoms with Crippen LogP contribution in [0.25, 0.3) is 0 Å². The standard InChI is InChI=1S/C10H7N5O5/c16-9(7-4-11-14-13-7)12-6-2-1-5(10(17)18)3-8(6)15(19)20/h1-4H,(H,12,16)(H,17,18)(H,11,13,14). The first-order valence-electron chi connectivity index (χ1n) is 5.18. The molecule has 1 amide bonds. The molecular weight excluding hydrogens is 270 g/mol. The summed E-state index contributed by atoms with van der Waals surface area (Å²) in [6.07, 6.45) is 1.15. The molecule has 0 aliphatic heterocycles. The Balaban J connectivity index is 2.34. The molecule has 1 aromatic carbocycles. The zero-order valence-corrected chi connectivity index (χ0v) is 9.73. The third-order valence-corrected chi connectivity index (χ3v) is 2.34. The molecule has 10 nitrogen and oxygen atoms in total. The van der Waals surface area contributed by atoms with Crippen LogP contribution in [0, 0.1) is 10.1 Å². The van der Waals surface area contributed by atoms with Gasteiger partial charge in [-0.1, -0.05) is 0 Å². The van der Waals surface area contributed by atoms with Crippen LogP contribution in [0.4, 0.5) is 11.4 Å². The smallest absolute Gasteiger partial charge is 0.335 e. The molecule has 0 aliphatic rings. The van der Waals surface area contributed by atoms with Gasteiger partial charge in [0, 0.05) is 6.07 Å². The van der Waals surface area contributed by atoms with E-state index in [1.807, 2.05) is 0 Å². The molecule has 0 unspecified atom stereocenters. The fraction of sp³-hybridized carbons (Fsp3) is 0. The summed E-state index contributed by atoms with van der Waals surface area (Å²) in [6, 6.07) is 3.15. The second-order valence-corrected chi connectivity index (χ2v) is 3.60. The molecule has 1 heterocycles. The molecule has 0 saturated heterocycles. The van der Waals surface area contributed by atoms with Crippen molar-refractivity contribution in [1.29, 1.82) is 0 Å². The first-order chi connectivity index (χ1) is 9.49. The highest BCUT2D eigenvalue weighted by atomic mass is 16.6. The van der Waals surface area contributed by atoms with E-state index in [0.717, 1.165) is 24.4 Å². The number of carboxylic acids is 1. The van der Waals surface area contributed by atoms with Crippen molar-refractivity contribution in [1.82, 2.24) is 15.4 Å². The highest BCUT2D eigenvalue weighted by molar-refractivity contribution is 6.04. The second kappa shape index (κ2) is 5.14. The molecule has 10 heteroatoms. The van der Waals surface area contributed by atoms with Crippen LogP contribution in [0.3, 0.4) is 0 Å². The van der Waals surface area contributed by atoms with E-state index in [1.165, 1.54) is 0 Å². The van der Waals surface area contributed by atoms with Gasteiger partial charge in [0.05, 0.1) is 16.7 Å². The number of benzene rings is 1. The predicted molar refractivity (Wildman–Crippen MR) is 64.4 cm³/mol. The monoisotopic (exact) mass is 277 g/mol. The topological polar surface area (TPSA) is 151 Å². The number of aromatic carboxylic acids is 1. The Kier molecular flexibility index (Phi) is 3.37. The van der Waals surface area contributed by atoms with Gasteiger partial charge in [0.15, 0.2) is 5.69 Å². The third kappa shape index (κ3) is 2.58. The minimum absolute atomic E-state index is 0.0541. The van der Waals surface area contributed by atoms with E-state index in [4.69, 9.17) is 5.11 Å². The molecule has 0 spiro atoms. The van der Waals surface area contributed by atoms with Gasteiger partial charge in [-0.2, -0.15) is 15.4 Å². The summed E-state index contributed by atoms with van der Waals surface area (Å²) >= 11 is 0. The van der Waals surface area contributed by atoms with Gasteiger partial charge in [-0.15, -0.1) is 0 Å². The zero-order chi connectivity index (χ0) is 14.7. The lowest BCUT2D eigenvalue weighted by molar-refractivity contribution is -0.383. The van der Waals surface area contributed by atoms with E-state index in [1.54, 1.807) is 0 Å². The Morgan fingerprint density at radius 1 is 1.40 bits per heavy atom. The number of hydrogen-bond donors (Lipinski definition) is 3. The minimum atomic E-state index is -1.30. The number of aromatic nitrogens is 3. The lowest BCUT2D eigenvalue weighted by atomic mass is 10.1. The molecular formula is C10H7N5O5. The van der Waals surface area contributed by atoms with Gasteiger partial charge in [0.2, 0.25) is 0 Å². The Hall–Kier alpha value is -3.30. The number of nitro benzene ring substituents is 1. The van der Waals surface area contributed by atoms with E-state index < -0.39 is 22.5 Å². The van der Waals surface area contributed by atoms with Crippen molar-refractivity contribution in [2.75, 3.05) is 5.32 Å². The van der Waals surface area contributed by atoms with Crippen molar-refractivity contribution in [3.63, 3.8) is 0 Å². The number of rotatable bonds is 4. The number of nitrogens with zero attached hydrogens (tertiary/aromatic N) is 3. The maximum atomic E-state index is 11.7. The summed E-state index contributed by atoms with van der Waals surface area (Å²) in [7, 11) is 0. The number of nitro groups is 1. The van der Waals surface area contributed by atoms with Crippen LogP contribution in [0.1, 0.15) is 20.8 Å². The number of amides is 1. The van der Waals surface area contributed by atoms with Gasteiger partial charge in [0.1, 0.15) is 5.69 Å². The molecule has 20 heavy (non-hydrogen) atoms. The molecule has 0 radical (unpaired) electrons. The Bertz CT molecular complexity index is 681. The van der Waals surface area contributed by atoms with Crippen molar-refractivity contribution in [2.24, 2.45) is 0 Å². The second-order valence-electron chi connectivity index (χ2n) is 3.60. The summed E-state index contributed by atoms with van der Waals surface area (Å²) < 4.78 is 0.